The first-order valence-electron chi connectivity index (χ1n) is 5.64. The van der Waals surface area contributed by atoms with Crippen LogP contribution in [0.5, 0.6) is 0 Å². The normalized spacial score (nSPS) is 10.4. The molecular formula is C14H12N4. The summed E-state index contributed by atoms with van der Waals surface area (Å²) in [6, 6.07) is 11.5. The molecule has 88 valence electrons. The number of nitrogen functional groups attached to an aromatic ring is 1. The van der Waals surface area contributed by atoms with Crippen molar-refractivity contribution in [3.8, 4) is 22.6 Å². The predicted molar refractivity (Wildman–Crippen MR) is 71.7 cm³/mol. The average Bonchev–Trinajstić information content (AvgIpc) is 2.90. The summed E-state index contributed by atoms with van der Waals surface area (Å²) in [6.45, 7) is 0. The second kappa shape index (κ2) is 4.33. The Balaban J connectivity index is 1.97. The minimum absolute atomic E-state index is 0.750. The molecule has 0 bridgehead atoms. The van der Waals surface area contributed by atoms with Crippen LogP contribution < -0.4 is 5.73 Å². The lowest BCUT2D eigenvalue weighted by molar-refractivity contribution is 1.30. The van der Waals surface area contributed by atoms with Crippen molar-refractivity contribution < 1.29 is 0 Å². The molecule has 3 N–H and O–H groups in total. The molecule has 0 saturated heterocycles. The van der Waals surface area contributed by atoms with Gasteiger partial charge in [-0.2, -0.15) is 0 Å². The quantitative estimate of drug-likeness (QED) is 0.672. The van der Waals surface area contributed by atoms with E-state index < -0.39 is 0 Å². The second-order valence-corrected chi connectivity index (χ2v) is 4.00. The van der Waals surface area contributed by atoms with E-state index in [1.54, 1.807) is 12.4 Å². The van der Waals surface area contributed by atoms with Crippen LogP contribution >= 0.6 is 0 Å². The molecule has 0 radical (unpaired) electrons. The minimum Gasteiger partial charge on any atom is -0.399 e. The predicted octanol–water partition coefficient (Wildman–Crippen LogP) is 2.72. The first kappa shape index (κ1) is 10.5. The summed E-state index contributed by atoms with van der Waals surface area (Å²) in [5.74, 6) is 0.835. The van der Waals surface area contributed by atoms with Gasteiger partial charge in [0.1, 0.15) is 5.82 Å². The lowest BCUT2D eigenvalue weighted by Gasteiger charge is -1.98. The van der Waals surface area contributed by atoms with Crippen LogP contribution in [0.1, 0.15) is 0 Å². The number of nitrogens with two attached hydrogens (primary N) is 1. The van der Waals surface area contributed by atoms with Gasteiger partial charge in [-0.15, -0.1) is 0 Å². The topological polar surface area (TPSA) is 67.6 Å². The zero-order chi connectivity index (χ0) is 12.4. The number of aromatic amines is 1. The van der Waals surface area contributed by atoms with E-state index in [1.165, 1.54) is 0 Å². The van der Waals surface area contributed by atoms with Crippen molar-refractivity contribution in [2.24, 2.45) is 0 Å². The van der Waals surface area contributed by atoms with Crippen LogP contribution in [0.4, 0.5) is 5.69 Å². The van der Waals surface area contributed by atoms with Gasteiger partial charge < -0.3 is 10.7 Å². The molecule has 2 heterocycles. The number of nitrogens with one attached hydrogen (secondary N) is 1. The van der Waals surface area contributed by atoms with Gasteiger partial charge in [-0.05, 0) is 36.4 Å². The average molecular weight is 236 g/mol. The Morgan fingerprint density at radius 2 is 1.61 bits per heavy atom. The summed E-state index contributed by atoms with van der Waals surface area (Å²) < 4.78 is 0. The molecule has 1 aromatic carbocycles. The largest absolute Gasteiger partial charge is 0.399 e. The zero-order valence-electron chi connectivity index (χ0n) is 9.67. The van der Waals surface area contributed by atoms with Crippen LogP contribution in [0.25, 0.3) is 22.6 Å². The van der Waals surface area contributed by atoms with Gasteiger partial charge >= 0.3 is 0 Å². The number of rotatable bonds is 2. The van der Waals surface area contributed by atoms with E-state index in [0.29, 0.717) is 0 Å². The minimum atomic E-state index is 0.750. The number of imidazole rings is 1. The lowest BCUT2D eigenvalue weighted by Crippen LogP contribution is -1.85. The summed E-state index contributed by atoms with van der Waals surface area (Å²) in [7, 11) is 0. The van der Waals surface area contributed by atoms with Crippen LogP contribution in [0.2, 0.25) is 0 Å². The highest BCUT2D eigenvalue weighted by Crippen LogP contribution is 2.22. The van der Waals surface area contributed by atoms with Gasteiger partial charge in [-0.3, -0.25) is 4.98 Å². The fourth-order valence-corrected chi connectivity index (χ4v) is 1.79. The Bertz CT molecular complexity index is 641. The van der Waals surface area contributed by atoms with Crippen LogP contribution in [0.15, 0.2) is 55.0 Å². The Morgan fingerprint density at radius 3 is 2.33 bits per heavy atom. The number of hydrogen-bond donors (Lipinski definition) is 2. The van der Waals surface area contributed by atoms with Crippen molar-refractivity contribution in [3.63, 3.8) is 0 Å². The SMILES string of the molecule is Nc1ccc(-c2ncc(-c3ccncc3)[nH]2)cc1. The summed E-state index contributed by atoms with van der Waals surface area (Å²) in [4.78, 5) is 11.7. The number of hydrogen-bond acceptors (Lipinski definition) is 3. The molecule has 0 aliphatic heterocycles. The second-order valence-electron chi connectivity index (χ2n) is 4.00. The number of H-pyrrole nitrogens is 1. The van der Waals surface area contributed by atoms with Gasteiger partial charge in [0.05, 0.1) is 11.9 Å². The van der Waals surface area contributed by atoms with Crippen LogP contribution in [-0.2, 0) is 0 Å². The van der Waals surface area contributed by atoms with Gasteiger partial charge in [-0.1, -0.05) is 0 Å². The Kier molecular flexibility index (Phi) is 2.53. The van der Waals surface area contributed by atoms with Crippen LogP contribution in [0.3, 0.4) is 0 Å². The van der Waals surface area contributed by atoms with E-state index in [1.807, 2.05) is 42.6 Å². The maximum absolute atomic E-state index is 5.66. The van der Waals surface area contributed by atoms with E-state index in [-0.39, 0.29) is 0 Å². The van der Waals surface area contributed by atoms with Gasteiger partial charge in [0, 0.05) is 29.2 Å². The first-order valence-corrected chi connectivity index (χ1v) is 5.64. The number of anilines is 1. The molecule has 0 aliphatic rings. The third-order valence-electron chi connectivity index (χ3n) is 2.75. The molecule has 0 amide bonds. The molecule has 18 heavy (non-hydrogen) atoms. The summed E-state index contributed by atoms with van der Waals surface area (Å²) in [5, 5.41) is 0. The number of pyridine rings is 1. The molecule has 0 spiro atoms. The molecule has 3 aromatic rings. The number of nitrogens with zero attached hydrogens (tertiary/aromatic N) is 2. The van der Waals surface area contributed by atoms with E-state index in [9.17, 15) is 0 Å². The molecule has 0 atom stereocenters. The lowest BCUT2D eigenvalue weighted by atomic mass is 10.2. The highest BCUT2D eigenvalue weighted by molar-refractivity contribution is 5.65. The third-order valence-corrected chi connectivity index (χ3v) is 2.75. The van der Waals surface area contributed by atoms with Crippen molar-refractivity contribution >= 4 is 5.69 Å². The van der Waals surface area contributed by atoms with Crippen molar-refractivity contribution in [2.45, 2.75) is 0 Å². The van der Waals surface area contributed by atoms with Gasteiger partial charge in [0.25, 0.3) is 0 Å². The fourth-order valence-electron chi connectivity index (χ4n) is 1.79. The molecule has 4 nitrogen and oxygen atoms in total. The molecule has 2 aromatic heterocycles. The van der Waals surface area contributed by atoms with Crippen LogP contribution in [0, 0.1) is 0 Å². The summed E-state index contributed by atoms with van der Waals surface area (Å²) >= 11 is 0. The maximum Gasteiger partial charge on any atom is 0.137 e. The molecule has 4 heteroatoms. The van der Waals surface area contributed by atoms with Crippen molar-refractivity contribution in [2.75, 3.05) is 5.73 Å². The molecule has 0 unspecified atom stereocenters. The van der Waals surface area contributed by atoms with Gasteiger partial charge in [-0.25, -0.2) is 4.98 Å². The van der Waals surface area contributed by atoms with E-state index in [0.717, 1.165) is 28.3 Å². The molecule has 0 fully saturated rings. The molecule has 0 saturated carbocycles. The van der Waals surface area contributed by atoms with E-state index >= 15 is 0 Å². The summed E-state index contributed by atoms with van der Waals surface area (Å²) in [5.41, 5.74) is 9.48. The van der Waals surface area contributed by atoms with Crippen molar-refractivity contribution in [3.05, 3.63) is 55.0 Å². The Hall–Kier alpha value is -2.62. The van der Waals surface area contributed by atoms with Gasteiger partial charge in [0.2, 0.25) is 0 Å². The number of benzene rings is 1. The Labute approximate surface area is 105 Å². The third kappa shape index (κ3) is 1.96. The molecular weight excluding hydrogens is 224 g/mol. The monoisotopic (exact) mass is 236 g/mol. The van der Waals surface area contributed by atoms with E-state index in [2.05, 4.69) is 15.0 Å². The standard InChI is InChI=1S/C14H12N4/c15-12-3-1-11(2-4-12)14-17-9-13(18-14)10-5-7-16-8-6-10/h1-9H,15H2,(H,17,18). The van der Waals surface area contributed by atoms with Crippen LogP contribution in [-0.4, -0.2) is 15.0 Å². The Morgan fingerprint density at radius 1 is 0.889 bits per heavy atom. The number of aromatic nitrogens is 3. The van der Waals surface area contributed by atoms with Crippen molar-refractivity contribution in [1.29, 1.82) is 0 Å². The molecule has 3 rings (SSSR count). The maximum atomic E-state index is 5.66. The van der Waals surface area contributed by atoms with Gasteiger partial charge in [0.15, 0.2) is 0 Å². The van der Waals surface area contributed by atoms with E-state index in [4.69, 9.17) is 5.73 Å². The highest BCUT2D eigenvalue weighted by atomic mass is 14.9. The molecule has 0 aliphatic carbocycles. The zero-order valence-corrected chi connectivity index (χ0v) is 9.67. The first-order chi connectivity index (χ1) is 8.83. The van der Waals surface area contributed by atoms with Crippen molar-refractivity contribution in [1.82, 2.24) is 15.0 Å². The smallest absolute Gasteiger partial charge is 0.137 e. The fraction of sp³-hybridized carbons (Fsp3) is 0. The highest BCUT2D eigenvalue weighted by Gasteiger charge is 2.04. The summed E-state index contributed by atoms with van der Waals surface area (Å²) in [6.07, 6.45) is 5.35.